The Morgan fingerprint density at radius 1 is 1.06 bits per heavy atom. The number of hydrogen-bond donors (Lipinski definition) is 0. The number of ether oxygens (including phenoxy) is 1. The van der Waals surface area contributed by atoms with Crippen molar-refractivity contribution in [3.05, 3.63) is 88.0 Å². The van der Waals surface area contributed by atoms with Crippen molar-refractivity contribution >= 4 is 39.5 Å². The predicted octanol–water partition coefficient (Wildman–Crippen LogP) is 6.28. The zero-order valence-electron chi connectivity index (χ0n) is 18.6. The van der Waals surface area contributed by atoms with E-state index >= 15 is 0 Å². The quantitative estimate of drug-likeness (QED) is 0.289. The van der Waals surface area contributed by atoms with E-state index in [-0.39, 0.29) is 11.2 Å². The number of fused-ring (bicyclic) bond motifs is 2. The van der Waals surface area contributed by atoms with E-state index in [1.807, 2.05) is 31.2 Å². The molecule has 2 aromatic carbocycles. The van der Waals surface area contributed by atoms with E-state index < -0.39 is 5.97 Å². The molecule has 33 heavy (non-hydrogen) atoms. The topological polar surface area (TPSA) is 70.2 Å². The van der Waals surface area contributed by atoms with Crippen LogP contribution in [0, 0.1) is 13.8 Å². The maximum atomic E-state index is 12.5. The zero-order valence-corrected chi connectivity index (χ0v) is 19.3. The summed E-state index contributed by atoms with van der Waals surface area (Å²) in [6.07, 6.45) is 0.795. The summed E-state index contributed by atoms with van der Waals surface area (Å²) in [5.41, 5.74) is 5.33. The van der Waals surface area contributed by atoms with Gasteiger partial charge in [-0.2, -0.15) is 0 Å². The van der Waals surface area contributed by atoms with Crippen LogP contribution >= 0.6 is 11.6 Å². The van der Waals surface area contributed by atoms with Crippen molar-refractivity contribution in [1.82, 2.24) is 14.5 Å². The van der Waals surface area contributed by atoms with Crippen molar-refractivity contribution in [2.45, 2.75) is 33.7 Å². The SMILES string of the molecule is CCc1nc2c(C)cc(C)nc2n1Cc1ccc2c(OC(=O)c3ccccc3)oc(Cl)c2c1. The molecule has 7 heteroatoms. The fourth-order valence-electron chi connectivity index (χ4n) is 4.08. The highest BCUT2D eigenvalue weighted by atomic mass is 35.5. The molecule has 0 fully saturated rings. The number of halogens is 1. The molecule has 0 amide bonds. The van der Waals surface area contributed by atoms with Crippen molar-refractivity contribution in [1.29, 1.82) is 0 Å². The lowest BCUT2D eigenvalue weighted by Crippen LogP contribution is -2.07. The van der Waals surface area contributed by atoms with Crippen LogP contribution in [0.3, 0.4) is 0 Å². The van der Waals surface area contributed by atoms with E-state index in [2.05, 4.69) is 24.5 Å². The average Bonchev–Trinajstić information content (AvgIpc) is 3.31. The number of aromatic nitrogens is 3. The normalized spacial score (nSPS) is 11.4. The Kier molecular flexibility index (Phi) is 5.38. The van der Waals surface area contributed by atoms with Gasteiger partial charge in [-0.3, -0.25) is 0 Å². The van der Waals surface area contributed by atoms with Gasteiger partial charge in [-0.25, -0.2) is 14.8 Å². The Bertz CT molecular complexity index is 1500. The van der Waals surface area contributed by atoms with Crippen LogP contribution in [0.5, 0.6) is 5.95 Å². The van der Waals surface area contributed by atoms with E-state index in [9.17, 15) is 4.79 Å². The molecule has 6 nitrogen and oxygen atoms in total. The molecule has 0 N–H and O–H groups in total. The predicted molar refractivity (Wildman–Crippen MR) is 128 cm³/mol. The van der Waals surface area contributed by atoms with E-state index in [0.717, 1.165) is 40.2 Å². The number of rotatable bonds is 5. The van der Waals surface area contributed by atoms with E-state index in [0.29, 0.717) is 22.9 Å². The van der Waals surface area contributed by atoms with Gasteiger partial charge in [0.25, 0.3) is 0 Å². The van der Waals surface area contributed by atoms with Crippen molar-refractivity contribution < 1.29 is 13.9 Å². The maximum absolute atomic E-state index is 12.5. The molecule has 0 bridgehead atoms. The van der Waals surface area contributed by atoms with Crippen LogP contribution in [0.2, 0.25) is 5.22 Å². The molecular weight excluding hydrogens is 438 g/mol. The number of carbonyl (C=O) groups excluding carboxylic acids is 1. The molecule has 166 valence electrons. The van der Waals surface area contributed by atoms with E-state index in [1.54, 1.807) is 24.3 Å². The number of esters is 1. The van der Waals surface area contributed by atoms with Gasteiger partial charge in [0.2, 0.25) is 5.22 Å². The van der Waals surface area contributed by atoms with Crippen molar-refractivity contribution in [2.75, 3.05) is 0 Å². The number of nitrogens with zero attached hydrogens (tertiary/aromatic N) is 3. The van der Waals surface area contributed by atoms with E-state index in [1.165, 1.54) is 0 Å². The summed E-state index contributed by atoms with van der Waals surface area (Å²) >= 11 is 6.37. The molecule has 0 aliphatic rings. The van der Waals surface area contributed by atoms with Crippen LogP contribution in [0.1, 0.15) is 39.9 Å². The molecule has 0 spiro atoms. The molecule has 5 rings (SSSR count). The molecule has 0 aliphatic heterocycles. The lowest BCUT2D eigenvalue weighted by Gasteiger charge is -2.09. The number of imidazole rings is 1. The van der Waals surface area contributed by atoms with Gasteiger partial charge in [-0.1, -0.05) is 31.2 Å². The molecule has 5 aromatic rings. The highest BCUT2D eigenvalue weighted by molar-refractivity contribution is 6.34. The maximum Gasteiger partial charge on any atom is 0.345 e. The number of aryl methyl sites for hydroxylation is 3. The number of benzene rings is 2. The minimum Gasteiger partial charge on any atom is -0.412 e. The van der Waals surface area contributed by atoms with Crippen molar-refractivity contribution in [2.24, 2.45) is 0 Å². The highest BCUT2D eigenvalue weighted by Gasteiger charge is 2.19. The van der Waals surface area contributed by atoms with Gasteiger partial charge in [-0.15, -0.1) is 0 Å². The summed E-state index contributed by atoms with van der Waals surface area (Å²) in [5.74, 6) is 0.564. The van der Waals surface area contributed by atoms with E-state index in [4.69, 9.17) is 30.7 Å². The second-order valence-electron chi connectivity index (χ2n) is 8.02. The largest absolute Gasteiger partial charge is 0.412 e. The van der Waals surface area contributed by atoms with Crippen LogP contribution in [0.25, 0.3) is 21.9 Å². The smallest absolute Gasteiger partial charge is 0.345 e. The second-order valence-corrected chi connectivity index (χ2v) is 8.36. The highest BCUT2D eigenvalue weighted by Crippen LogP contribution is 2.36. The first-order chi connectivity index (χ1) is 15.9. The number of pyridine rings is 1. The standard InChI is InChI=1S/C26H22ClN3O3/c1-4-21-29-22-15(2)12-16(3)28-24(22)30(21)14-17-10-11-19-20(13-17)23(27)32-26(19)33-25(31)18-8-6-5-7-9-18/h5-13H,4,14H2,1-3H3. The number of furan rings is 1. The Balaban J connectivity index is 1.50. The first kappa shape index (κ1) is 21.2. The first-order valence-corrected chi connectivity index (χ1v) is 11.1. The summed E-state index contributed by atoms with van der Waals surface area (Å²) in [6.45, 7) is 6.73. The Morgan fingerprint density at radius 3 is 2.61 bits per heavy atom. The second kappa shape index (κ2) is 8.37. The lowest BCUT2D eigenvalue weighted by molar-refractivity contribution is 0.0697. The minimum absolute atomic E-state index is 0.0886. The van der Waals surface area contributed by atoms with Gasteiger partial charge in [0.1, 0.15) is 11.3 Å². The molecule has 0 radical (unpaired) electrons. The summed E-state index contributed by atoms with van der Waals surface area (Å²) in [7, 11) is 0. The molecular formula is C26H22ClN3O3. The third-order valence-electron chi connectivity index (χ3n) is 5.65. The van der Waals surface area contributed by atoms with Crippen molar-refractivity contribution in [3.8, 4) is 5.95 Å². The summed E-state index contributed by atoms with van der Waals surface area (Å²) in [6, 6.07) is 16.6. The van der Waals surface area contributed by atoms with Crippen LogP contribution in [0.15, 0.2) is 59.0 Å². The summed E-state index contributed by atoms with van der Waals surface area (Å²) < 4.78 is 13.2. The lowest BCUT2D eigenvalue weighted by atomic mass is 10.1. The summed E-state index contributed by atoms with van der Waals surface area (Å²) in [5, 5.41) is 1.51. The molecule has 0 unspecified atom stereocenters. The van der Waals surface area contributed by atoms with Crippen LogP contribution in [-0.4, -0.2) is 20.5 Å². The zero-order chi connectivity index (χ0) is 23.1. The monoisotopic (exact) mass is 459 g/mol. The Morgan fingerprint density at radius 2 is 1.85 bits per heavy atom. The van der Waals surface area contributed by atoms with Gasteiger partial charge < -0.3 is 13.7 Å². The fourth-order valence-corrected chi connectivity index (χ4v) is 4.31. The Labute approximate surface area is 195 Å². The van der Waals surface area contributed by atoms with Gasteiger partial charge >= 0.3 is 11.9 Å². The summed E-state index contributed by atoms with van der Waals surface area (Å²) in [4.78, 5) is 22.0. The van der Waals surface area contributed by atoms with Crippen LogP contribution in [-0.2, 0) is 13.0 Å². The van der Waals surface area contributed by atoms with Gasteiger partial charge in [0.05, 0.1) is 17.5 Å². The fraction of sp³-hybridized carbons (Fsp3) is 0.192. The molecule has 0 saturated heterocycles. The average molecular weight is 460 g/mol. The first-order valence-electron chi connectivity index (χ1n) is 10.8. The number of carbonyl (C=O) groups is 1. The van der Waals surface area contributed by atoms with Gasteiger partial charge in [0.15, 0.2) is 5.65 Å². The van der Waals surface area contributed by atoms with Gasteiger partial charge in [-0.05, 0) is 66.9 Å². The number of hydrogen-bond acceptors (Lipinski definition) is 5. The van der Waals surface area contributed by atoms with Gasteiger partial charge in [0, 0.05) is 17.5 Å². The Hall–Kier alpha value is -3.64. The third-order valence-corrected chi connectivity index (χ3v) is 5.93. The molecule has 0 atom stereocenters. The van der Waals surface area contributed by atoms with Crippen molar-refractivity contribution in [3.63, 3.8) is 0 Å². The molecule has 0 aliphatic carbocycles. The minimum atomic E-state index is -0.499. The van der Waals surface area contributed by atoms with Crippen LogP contribution < -0.4 is 4.74 Å². The third kappa shape index (κ3) is 3.87. The molecule has 0 saturated carbocycles. The van der Waals surface area contributed by atoms with Crippen LogP contribution in [0.4, 0.5) is 0 Å². The molecule has 3 aromatic heterocycles. The molecule has 3 heterocycles.